The fraction of sp³-hybridized carbons (Fsp3) is 0.333. The van der Waals surface area contributed by atoms with Gasteiger partial charge in [0.25, 0.3) is 5.91 Å². The SMILES string of the molecule is Cc1cc(C(=O)NC(C)(C)C(N)=O)ccc1F. The summed E-state index contributed by atoms with van der Waals surface area (Å²) >= 11 is 0. The molecular formula is C12H15FN2O2. The number of nitrogens with one attached hydrogen (secondary N) is 1. The van der Waals surface area contributed by atoms with Gasteiger partial charge in [-0.15, -0.1) is 0 Å². The second-order valence-corrected chi connectivity index (χ2v) is 4.41. The predicted molar refractivity (Wildman–Crippen MR) is 61.9 cm³/mol. The van der Waals surface area contributed by atoms with E-state index in [-0.39, 0.29) is 5.82 Å². The number of aryl methyl sites for hydroxylation is 1. The number of benzene rings is 1. The van der Waals surface area contributed by atoms with E-state index in [4.69, 9.17) is 5.73 Å². The van der Waals surface area contributed by atoms with Crippen LogP contribution in [0.15, 0.2) is 18.2 Å². The average Bonchev–Trinajstić information content (AvgIpc) is 2.21. The summed E-state index contributed by atoms with van der Waals surface area (Å²) in [7, 11) is 0. The fourth-order valence-electron chi connectivity index (χ4n) is 1.20. The van der Waals surface area contributed by atoms with E-state index in [0.29, 0.717) is 11.1 Å². The maximum atomic E-state index is 13.0. The van der Waals surface area contributed by atoms with E-state index in [1.165, 1.54) is 32.0 Å². The first-order valence-electron chi connectivity index (χ1n) is 5.12. The Labute approximate surface area is 99.0 Å². The molecule has 0 unspecified atom stereocenters. The van der Waals surface area contributed by atoms with Gasteiger partial charge in [-0.1, -0.05) is 0 Å². The Balaban J connectivity index is 2.91. The molecule has 1 aromatic carbocycles. The monoisotopic (exact) mass is 238 g/mol. The molecule has 1 aromatic rings. The first-order valence-corrected chi connectivity index (χ1v) is 5.12. The zero-order valence-corrected chi connectivity index (χ0v) is 10.0. The van der Waals surface area contributed by atoms with Crippen LogP contribution in [-0.4, -0.2) is 17.4 Å². The molecule has 0 heterocycles. The van der Waals surface area contributed by atoms with Crippen LogP contribution in [0.2, 0.25) is 0 Å². The third kappa shape index (κ3) is 3.03. The molecule has 0 saturated carbocycles. The fourth-order valence-corrected chi connectivity index (χ4v) is 1.20. The van der Waals surface area contributed by atoms with E-state index < -0.39 is 17.4 Å². The molecular weight excluding hydrogens is 223 g/mol. The lowest BCUT2D eigenvalue weighted by Gasteiger charge is -2.22. The van der Waals surface area contributed by atoms with Crippen molar-refractivity contribution in [2.45, 2.75) is 26.3 Å². The van der Waals surface area contributed by atoms with E-state index in [1.54, 1.807) is 6.92 Å². The van der Waals surface area contributed by atoms with E-state index in [2.05, 4.69) is 5.32 Å². The van der Waals surface area contributed by atoms with E-state index in [0.717, 1.165) is 0 Å². The first kappa shape index (κ1) is 13.2. The van der Waals surface area contributed by atoms with Crippen molar-refractivity contribution in [1.82, 2.24) is 5.32 Å². The van der Waals surface area contributed by atoms with Crippen LogP contribution >= 0.6 is 0 Å². The minimum Gasteiger partial charge on any atom is -0.368 e. The highest BCUT2D eigenvalue weighted by Crippen LogP contribution is 2.10. The summed E-state index contributed by atoms with van der Waals surface area (Å²) in [5.74, 6) is -1.47. The Morgan fingerprint density at radius 2 is 1.94 bits per heavy atom. The molecule has 0 atom stereocenters. The number of amides is 2. The first-order chi connectivity index (χ1) is 7.74. The molecule has 92 valence electrons. The lowest BCUT2D eigenvalue weighted by atomic mass is 10.0. The molecule has 3 N–H and O–H groups in total. The molecule has 4 nitrogen and oxygen atoms in total. The smallest absolute Gasteiger partial charge is 0.252 e. The molecule has 0 saturated heterocycles. The quantitative estimate of drug-likeness (QED) is 0.828. The molecule has 17 heavy (non-hydrogen) atoms. The highest BCUT2D eigenvalue weighted by molar-refractivity contribution is 5.98. The molecule has 5 heteroatoms. The van der Waals surface area contributed by atoms with Crippen molar-refractivity contribution in [2.75, 3.05) is 0 Å². The van der Waals surface area contributed by atoms with Gasteiger partial charge < -0.3 is 11.1 Å². The minimum absolute atomic E-state index is 0.290. The van der Waals surface area contributed by atoms with Gasteiger partial charge in [-0.3, -0.25) is 9.59 Å². The van der Waals surface area contributed by atoms with Crippen molar-refractivity contribution in [3.63, 3.8) is 0 Å². The standard InChI is InChI=1S/C12H15FN2O2/c1-7-6-8(4-5-9(7)13)10(16)15-12(2,3)11(14)17/h4-6H,1-3H3,(H2,14,17)(H,15,16). The summed E-state index contributed by atoms with van der Waals surface area (Å²) in [6.45, 7) is 4.57. The Morgan fingerprint density at radius 3 is 2.41 bits per heavy atom. The van der Waals surface area contributed by atoms with Crippen molar-refractivity contribution in [1.29, 1.82) is 0 Å². The number of primary amides is 1. The van der Waals surface area contributed by atoms with Gasteiger partial charge in [0.1, 0.15) is 11.4 Å². The highest BCUT2D eigenvalue weighted by Gasteiger charge is 2.27. The largest absolute Gasteiger partial charge is 0.368 e. The minimum atomic E-state index is -1.14. The van der Waals surface area contributed by atoms with Crippen molar-refractivity contribution < 1.29 is 14.0 Å². The molecule has 0 bridgehead atoms. The Hall–Kier alpha value is -1.91. The van der Waals surface area contributed by atoms with Gasteiger partial charge in [0.05, 0.1) is 0 Å². The summed E-state index contributed by atoms with van der Waals surface area (Å²) in [6, 6.07) is 3.98. The van der Waals surface area contributed by atoms with Crippen molar-refractivity contribution in [3.8, 4) is 0 Å². The average molecular weight is 238 g/mol. The molecule has 0 aliphatic heterocycles. The van der Waals surface area contributed by atoms with Crippen LogP contribution in [0.3, 0.4) is 0 Å². The van der Waals surface area contributed by atoms with Crippen LogP contribution in [0.5, 0.6) is 0 Å². The number of carbonyl (C=O) groups is 2. The predicted octanol–water partition coefficient (Wildman–Crippen LogP) is 1.13. The summed E-state index contributed by atoms with van der Waals surface area (Å²) in [6.07, 6.45) is 0. The molecule has 0 aromatic heterocycles. The van der Waals surface area contributed by atoms with E-state index >= 15 is 0 Å². The number of carbonyl (C=O) groups excluding carboxylic acids is 2. The van der Waals surface area contributed by atoms with Gasteiger partial charge in [0.2, 0.25) is 5.91 Å². The second kappa shape index (κ2) is 4.53. The number of hydrogen-bond donors (Lipinski definition) is 2. The second-order valence-electron chi connectivity index (χ2n) is 4.41. The number of nitrogens with two attached hydrogens (primary N) is 1. The van der Waals surface area contributed by atoms with Crippen LogP contribution in [-0.2, 0) is 4.79 Å². The van der Waals surface area contributed by atoms with Gasteiger partial charge in [0.15, 0.2) is 0 Å². The van der Waals surface area contributed by atoms with Crippen LogP contribution in [0, 0.1) is 12.7 Å². The highest BCUT2D eigenvalue weighted by atomic mass is 19.1. The molecule has 0 radical (unpaired) electrons. The van der Waals surface area contributed by atoms with Crippen LogP contribution in [0.1, 0.15) is 29.8 Å². The Kier molecular flexibility index (Phi) is 3.50. The number of hydrogen-bond acceptors (Lipinski definition) is 2. The van der Waals surface area contributed by atoms with Gasteiger partial charge in [0, 0.05) is 5.56 Å². The topological polar surface area (TPSA) is 72.2 Å². The maximum absolute atomic E-state index is 13.0. The third-order valence-electron chi connectivity index (χ3n) is 2.46. The van der Waals surface area contributed by atoms with E-state index in [1.807, 2.05) is 0 Å². The Morgan fingerprint density at radius 1 is 1.35 bits per heavy atom. The lowest BCUT2D eigenvalue weighted by Crippen LogP contribution is -2.53. The van der Waals surface area contributed by atoms with Gasteiger partial charge in [-0.05, 0) is 44.5 Å². The van der Waals surface area contributed by atoms with Gasteiger partial charge in [-0.25, -0.2) is 4.39 Å². The number of rotatable bonds is 3. The summed E-state index contributed by atoms with van der Waals surface area (Å²) in [5, 5.41) is 2.48. The van der Waals surface area contributed by atoms with Crippen LogP contribution < -0.4 is 11.1 Å². The number of halogens is 1. The van der Waals surface area contributed by atoms with Crippen molar-refractivity contribution in [3.05, 3.63) is 35.1 Å². The summed E-state index contributed by atoms with van der Waals surface area (Å²) in [4.78, 5) is 22.8. The summed E-state index contributed by atoms with van der Waals surface area (Å²) < 4.78 is 13.0. The van der Waals surface area contributed by atoms with Crippen molar-refractivity contribution >= 4 is 11.8 Å². The molecule has 2 amide bonds. The molecule has 0 aliphatic carbocycles. The molecule has 0 fully saturated rings. The zero-order chi connectivity index (χ0) is 13.2. The normalized spacial score (nSPS) is 11.1. The molecule has 0 aliphatic rings. The van der Waals surface area contributed by atoms with Gasteiger partial charge in [-0.2, -0.15) is 0 Å². The Bertz CT molecular complexity index is 470. The molecule has 1 rings (SSSR count). The third-order valence-corrected chi connectivity index (χ3v) is 2.46. The van der Waals surface area contributed by atoms with E-state index in [9.17, 15) is 14.0 Å². The zero-order valence-electron chi connectivity index (χ0n) is 10.0. The lowest BCUT2D eigenvalue weighted by molar-refractivity contribution is -0.122. The van der Waals surface area contributed by atoms with Gasteiger partial charge >= 0.3 is 0 Å². The maximum Gasteiger partial charge on any atom is 0.252 e. The summed E-state index contributed by atoms with van der Waals surface area (Å²) in [5.41, 5.74) is 4.66. The van der Waals surface area contributed by atoms with Crippen molar-refractivity contribution in [2.24, 2.45) is 5.73 Å². The van der Waals surface area contributed by atoms with Crippen LogP contribution in [0.4, 0.5) is 4.39 Å². The van der Waals surface area contributed by atoms with Crippen LogP contribution in [0.25, 0.3) is 0 Å². The molecule has 0 spiro atoms.